The van der Waals surface area contributed by atoms with Crippen LogP contribution >= 0.6 is 0 Å². The van der Waals surface area contributed by atoms with Crippen LogP contribution in [0.1, 0.15) is 31.7 Å². The van der Waals surface area contributed by atoms with E-state index in [0.29, 0.717) is 5.56 Å². The Morgan fingerprint density at radius 3 is 2.28 bits per heavy atom. The first kappa shape index (κ1) is 30.6. The monoisotopic (exact) mass is 546 g/mol. The molecule has 39 heavy (non-hydrogen) atoms. The van der Waals surface area contributed by atoms with Gasteiger partial charge in [-0.2, -0.15) is 0 Å². The van der Waals surface area contributed by atoms with Crippen molar-refractivity contribution >= 4 is 46.5 Å². The average Bonchev–Trinajstić information content (AvgIpc) is 3.27. The van der Waals surface area contributed by atoms with E-state index in [1.165, 1.54) is 6.92 Å². The Kier molecular flexibility index (Phi) is 11.2. The third kappa shape index (κ3) is 9.62. The second-order valence-electron chi connectivity index (χ2n) is 8.91. The molecule has 2 aromatic rings. The summed E-state index contributed by atoms with van der Waals surface area (Å²) in [5.41, 5.74) is 17.6. The maximum absolute atomic E-state index is 13.2. The number of H-pyrrole nitrogens is 1. The summed E-state index contributed by atoms with van der Waals surface area (Å²) in [5, 5.41) is 26.5. The molecule has 0 spiro atoms. The van der Waals surface area contributed by atoms with Gasteiger partial charge in [0.05, 0.1) is 12.5 Å². The zero-order valence-corrected chi connectivity index (χ0v) is 21.3. The molecule has 0 aliphatic rings. The number of hydrogen-bond donors (Lipinski definition) is 9. The molecule has 0 bridgehead atoms. The molecule has 4 unspecified atom stereocenters. The van der Waals surface area contributed by atoms with Gasteiger partial charge in [0.2, 0.25) is 17.7 Å². The van der Waals surface area contributed by atoms with Crippen LogP contribution in [0.15, 0.2) is 35.5 Å². The first-order chi connectivity index (χ1) is 18.4. The van der Waals surface area contributed by atoms with Gasteiger partial charge in [-0.25, -0.2) is 4.79 Å². The van der Waals surface area contributed by atoms with Crippen LogP contribution < -0.4 is 33.2 Å². The fourth-order valence-electron chi connectivity index (χ4n) is 3.73. The van der Waals surface area contributed by atoms with Crippen LogP contribution in [-0.2, 0) is 30.4 Å². The number of benzene rings is 1. The minimum absolute atomic E-state index is 0.00173. The lowest BCUT2D eigenvalue weighted by Crippen LogP contribution is -2.57. The van der Waals surface area contributed by atoms with Crippen LogP contribution in [0.2, 0.25) is 0 Å². The highest BCUT2D eigenvalue weighted by Gasteiger charge is 2.29. The molecule has 0 saturated carbocycles. The van der Waals surface area contributed by atoms with Gasteiger partial charge < -0.3 is 48.3 Å². The molecule has 12 N–H and O–H groups in total. The van der Waals surface area contributed by atoms with Crippen LogP contribution in [0.25, 0.3) is 10.9 Å². The van der Waals surface area contributed by atoms with Crippen molar-refractivity contribution in [3.05, 3.63) is 36.0 Å². The van der Waals surface area contributed by atoms with Crippen LogP contribution in [0.3, 0.4) is 0 Å². The molecular weight excluding hydrogens is 512 g/mol. The third-order valence-electron chi connectivity index (χ3n) is 5.78. The zero-order chi connectivity index (χ0) is 29.1. The average molecular weight is 547 g/mol. The molecule has 0 radical (unpaired) electrons. The molecule has 212 valence electrons. The number of aromatic amines is 1. The van der Waals surface area contributed by atoms with Crippen molar-refractivity contribution in [2.45, 2.75) is 56.8 Å². The van der Waals surface area contributed by atoms with E-state index in [0.717, 1.165) is 10.9 Å². The summed E-state index contributed by atoms with van der Waals surface area (Å²) in [6.07, 6.45) is 1.35. The Balaban J connectivity index is 2.12. The summed E-state index contributed by atoms with van der Waals surface area (Å²) in [7, 11) is 0. The number of nitrogens with one attached hydrogen (secondary N) is 4. The molecule has 0 saturated heterocycles. The number of carboxylic acids is 2. The largest absolute Gasteiger partial charge is 0.481 e. The van der Waals surface area contributed by atoms with Crippen molar-refractivity contribution in [3.63, 3.8) is 0 Å². The van der Waals surface area contributed by atoms with Crippen molar-refractivity contribution in [2.75, 3.05) is 6.54 Å². The summed E-state index contributed by atoms with van der Waals surface area (Å²) in [6, 6.07) is 2.23. The van der Waals surface area contributed by atoms with Gasteiger partial charge in [0.1, 0.15) is 18.1 Å². The Morgan fingerprint density at radius 1 is 0.974 bits per heavy atom. The van der Waals surface area contributed by atoms with Gasteiger partial charge >= 0.3 is 11.9 Å². The Hall–Kier alpha value is -4.66. The highest BCUT2D eigenvalue weighted by Crippen LogP contribution is 2.19. The number of rotatable bonds is 15. The number of carboxylic acid groups (broad SMARTS) is 2. The lowest BCUT2D eigenvalue weighted by Gasteiger charge is -2.23. The maximum atomic E-state index is 13.2. The van der Waals surface area contributed by atoms with Crippen molar-refractivity contribution in [3.8, 4) is 0 Å². The van der Waals surface area contributed by atoms with Crippen molar-refractivity contribution in [2.24, 2.45) is 22.2 Å². The highest BCUT2D eigenvalue weighted by atomic mass is 16.4. The first-order valence-corrected chi connectivity index (χ1v) is 12.1. The van der Waals surface area contributed by atoms with E-state index in [1.807, 2.05) is 18.2 Å². The molecule has 0 aliphatic heterocycles. The molecule has 2 rings (SSSR count). The lowest BCUT2D eigenvalue weighted by molar-refractivity contribution is -0.142. The quantitative estimate of drug-likeness (QED) is 0.0681. The van der Waals surface area contributed by atoms with Crippen LogP contribution in [0.5, 0.6) is 0 Å². The van der Waals surface area contributed by atoms with E-state index in [1.54, 1.807) is 12.3 Å². The molecule has 1 heterocycles. The van der Waals surface area contributed by atoms with E-state index < -0.39 is 60.2 Å². The number of carbonyl (C=O) groups is 5. The van der Waals surface area contributed by atoms with E-state index in [2.05, 4.69) is 25.9 Å². The molecule has 4 atom stereocenters. The van der Waals surface area contributed by atoms with Gasteiger partial charge in [-0.05, 0) is 31.4 Å². The normalized spacial score (nSPS) is 13.9. The number of carbonyl (C=O) groups excluding carboxylic acids is 3. The molecular formula is C24H34N8O7. The Labute approximate surface area is 223 Å². The molecule has 0 fully saturated rings. The first-order valence-electron chi connectivity index (χ1n) is 12.1. The molecule has 1 aromatic heterocycles. The second-order valence-corrected chi connectivity index (χ2v) is 8.91. The number of hydrogen-bond acceptors (Lipinski definition) is 7. The minimum Gasteiger partial charge on any atom is -0.481 e. The summed E-state index contributed by atoms with van der Waals surface area (Å²) in [5.74, 6) is -5.08. The Bertz CT molecular complexity index is 1220. The molecule has 0 aliphatic carbocycles. The number of nitrogens with zero attached hydrogens (tertiary/aromatic N) is 1. The van der Waals surface area contributed by atoms with Gasteiger partial charge in [-0.15, -0.1) is 0 Å². The second kappa shape index (κ2) is 14.3. The number of guanidine groups is 1. The number of fused-ring (bicyclic) bond motifs is 1. The van der Waals surface area contributed by atoms with Crippen molar-refractivity contribution in [1.29, 1.82) is 0 Å². The predicted molar refractivity (Wildman–Crippen MR) is 141 cm³/mol. The number of amides is 3. The third-order valence-corrected chi connectivity index (χ3v) is 5.78. The minimum atomic E-state index is -1.41. The van der Waals surface area contributed by atoms with E-state index in [-0.39, 0.29) is 31.8 Å². The SMILES string of the molecule is CC(NC(=O)C(Cc1c[nH]c2ccccc12)NC(=O)C(N)CC(=O)O)C(=O)NC(CCCN=C(N)N)C(=O)O. The summed E-state index contributed by atoms with van der Waals surface area (Å²) >= 11 is 0. The summed E-state index contributed by atoms with van der Waals surface area (Å²) in [4.78, 5) is 67.7. The number of para-hydroxylation sites is 1. The fraction of sp³-hybridized carbons (Fsp3) is 0.417. The van der Waals surface area contributed by atoms with Gasteiger partial charge in [-0.3, -0.25) is 24.2 Å². The highest BCUT2D eigenvalue weighted by molar-refractivity contribution is 5.95. The van der Waals surface area contributed by atoms with E-state index >= 15 is 0 Å². The van der Waals surface area contributed by atoms with Crippen molar-refractivity contribution in [1.82, 2.24) is 20.9 Å². The van der Waals surface area contributed by atoms with Crippen LogP contribution in [-0.4, -0.2) is 81.5 Å². The molecule has 1 aromatic carbocycles. The predicted octanol–water partition coefficient (Wildman–Crippen LogP) is -1.88. The smallest absolute Gasteiger partial charge is 0.326 e. The number of nitrogens with two attached hydrogens (primary N) is 3. The molecule has 15 nitrogen and oxygen atoms in total. The number of aliphatic imine (C=N–C) groups is 1. The molecule has 15 heteroatoms. The van der Waals surface area contributed by atoms with Gasteiger partial charge in [-0.1, -0.05) is 18.2 Å². The van der Waals surface area contributed by atoms with Gasteiger partial charge in [0.25, 0.3) is 0 Å². The standard InChI is InChI=1S/C24H34N8O7/c1-12(20(35)31-17(23(38)39)7-4-8-28-24(26)27)30-22(37)18(32-21(36)15(25)10-19(33)34)9-13-11-29-16-6-3-2-5-14(13)16/h2-3,5-6,11-12,15,17-18,29H,4,7-10,25H2,1H3,(H,30,37)(H,31,35)(H,32,36)(H,33,34)(H,38,39)(H4,26,27,28). The number of aliphatic carboxylic acids is 2. The van der Waals surface area contributed by atoms with Crippen LogP contribution in [0.4, 0.5) is 0 Å². The van der Waals surface area contributed by atoms with Gasteiger partial charge in [0.15, 0.2) is 5.96 Å². The zero-order valence-electron chi connectivity index (χ0n) is 21.3. The van der Waals surface area contributed by atoms with Crippen molar-refractivity contribution < 1.29 is 34.2 Å². The Morgan fingerprint density at radius 2 is 1.64 bits per heavy atom. The summed E-state index contributed by atoms with van der Waals surface area (Å²) < 4.78 is 0. The van der Waals surface area contributed by atoms with Gasteiger partial charge in [0, 0.05) is 30.1 Å². The van der Waals surface area contributed by atoms with E-state index in [9.17, 15) is 29.1 Å². The summed E-state index contributed by atoms with van der Waals surface area (Å²) in [6.45, 7) is 1.53. The fourth-order valence-corrected chi connectivity index (χ4v) is 3.73. The topological polar surface area (TPSA) is 268 Å². The molecule has 3 amide bonds. The van der Waals surface area contributed by atoms with E-state index in [4.69, 9.17) is 22.3 Å². The van der Waals surface area contributed by atoms with Crippen LogP contribution in [0, 0.1) is 0 Å². The maximum Gasteiger partial charge on any atom is 0.326 e. The lowest BCUT2D eigenvalue weighted by atomic mass is 10.0. The number of aromatic nitrogens is 1.